The summed E-state index contributed by atoms with van der Waals surface area (Å²) in [6.07, 6.45) is 0.927. The van der Waals surface area contributed by atoms with Crippen LogP contribution in [0, 0.1) is 0 Å². The first kappa shape index (κ1) is 11.8. The molecule has 0 radical (unpaired) electrons. The molecule has 5 N–H and O–H groups in total. The standard InChI is InChI=1S/C14H16N4O/c15-10-3-1-2-4-12(10)18-14(19)13-7-9-8-16-6-5-11(9)17-13/h1-4,7,16-17H,5-6,8,15H2,(H,18,19). The summed E-state index contributed by atoms with van der Waals surface area (Å²) < 4.78 is 0. The number of carbonyl (C=O) groups excluding carboxylic acids is 1. The molecule has 0 bridgehead atoms. The topological polar surface area (TPSA) is 82.9 Å². The Morgan fingerprint density at radius 3 is 2.95 bits per heavy atom. The van der Waals surface area contributed by atoms with Crippen LogP contribution >= 0.6 is 0 Å². The highest BCUT2D eigenvalue weighted by Crippen LogP contribution is 2.19. The van der Waals surface area contributed by atoms with Crippen LogP contribution in [0.1, 0.15) is 21.7 Å². The second-order valence-electron chi connectivity index (χ2n) is 4.65. The van der Waals surface area contributed by atoms with E-state index in [2.05, 4.69) is 15.6 Å². The van der Waals surface area contributed by atoms with Crippen molar-refractivity contribution in [2.24, 2.45) is 0 Å². The fourth-order valence-electron chi connectivity index (χ4n) is 2.28. The van der Waals surface area contributed by atoms with Gasteiger partial charge in [-0.2, -0.15) is 0 Å². The fourth-order valence-corrected chi connectivity index (χ4v) is 2.28. The van der Waals surface area contributed by atoms with Gasteiger partial charge in [0.25, 0.3) is 5.91 Å². The molecule has 1 amide bonds. The number of para-hydroxylation sites is 2. The molecule has 2 heterocycles. The van der Waals surface area contributed by atoms with Gasteiger partial charge in [0.05, 0.1) is 11.4 Å². The van der Waals surface area contributed by atoms with Gasteiger partial charge in [-0.1, -0.05) is 12.1 Å². The minimum absolute atomic E-state index is 0.160. The second-order valence-corrected chi connectivity index (χ2v) is 4.65. The van der Waals surface area contributed by atoms with Gasteiger partial charge < -0.3 is 21.4 Å². The first-order valence-corrected chi connectivity index (χ1v) is 6.31. The van der Waals surface area contributed by atoms with E-state index >= 15 is 0 Å². The van der Waals surface area contributed by atoms with Crippen molar-refractivity contribution in [1.29, 1.82) is 0 Å². The third kappa shape index (κ3) is 2.32. The molecule has 1 aliphatic rings. The molecular weight excluding hydrogens is 240 g/mol. The number of hydrogen-bond acceptors (Lipinski definition) is 3. The fraction of sp³-hybridized carbons (Fsp3) is 0.214. The number of nitrogens with two attached hydrogens (primary N) is 1. The molecule has 0 unspecified atom stereocenters. The van der Waals surface area contributed by atoms with Gasteiger partial charge in [-0.3, -0.25) is 4.79 Å². The quantitative estimate of drug-likeness (QED) is 0.614. The van der Waals surface area contributed by atoms with Crippen LogP contribution in [-0.4, -0.2) is 17.4 Å². The van der Waals surface area contributed by atoms with Crippen molar-refractivity contribution in [2.75, 3.05) is 17.6 Å². The third-order valence-corrected chi connectivity index (χ3v) is 3.31. The average Bonchev–Trinajstić information content (AvgIpc) is 2.85. The number of anilines is 2. The second kappa shape index (κ2) is 4.78. The van der Waals surface area contributed by atoms with Crippen molar-refractivity contribution < 1.29 is 4.79 Å². The molecular formula is C14H16N4O. The molecule has 5 nitrogen and oxygen atoms in total. The van der Waals surface area contributed by atoms with Gasteiger partial charge in [0, 0.05) is 25.2 Å². The predicted octanol–water partition coefficient (Wildman–Crippen LogP) is 1.49. The van der Waals surface area contributed by atoms with Crippen molar-refractivity contribution in [3.05, 3.63) is 47.3 Å². The maximum Gasteiger partial charge on any atom is 0.272 e. The Hall–Kier alpha value is -2.27. The summed E-state index contributed by atoms with van der Waals surface area (Å²) in [5, 5.41) is 6.10. The molecule has 3 rings (SSSR count). The van der Waals surface area contributed by atoms with Crippen LogP contribution in [0.2, 0.25) is 0 Å². The van der Waals surface area contributed by atoms with Crippen LogP contribution in [0.4, 0.5) is 11.4 Å². The lowest BCUT2D eigenvalue weighted by Crippen LogP contribution is -2.22. The van der Waals surface area contributed by atoms with E-state index in [9.17, 15) is 4.79 Å². The van der Waals surface area contributed by atoms with Crippen LogP contribution in [0.3, 0.4) is 0 Å². The molecule has 98 valence electrons. The van der Waals surface area contributed by atoms with Crippen LogP contribution in [0.25, 0.3) is 0 Å². The number of carbonyl (C=O) groups is 1. The summed E-state index contributed by atoms with van der Waals surface area (Å²) in [5.74, 6) is -0.160. The van der Waals surface area contributed by atoms with Gasteiger partial charge in [0.1, 0.15) is 5.69 Å². The van der Waals surface area contributed by atoms with E-state index in [1.165, 1.54) is 0 Å². The molecule has 5 heteroatoms. The summed E-state index contributed by atoms with van der Waals surface area (Å²) in [4.78, 5) is 15.3. The predicted molar refractivity (Wildman–Crippen MR) is 75.0 cm³/mol. The summed E-state index contributed by atoms with van der Waals surface area (Å²) in [5.41, 5.74) is 9.90. The summed E-state index contributed by atoms with van der Waals surface area (Å²) in [7, 11) is 0. The van der Waals surface area contributed by atoms with Gasteiger partial charge in [-0.25, -0.2) is 0 Å². The molecule has 19 heavy (non-hydrogen) atoms. The van der Waals surface area contributed by atoms with E-state index in [-0.39, 0.29) is 5.91 Å². The minimum atomic E-state index is -0.160. The smallest absolute Gasteiger partial charge is 0.272 e. The zero-order valence-corrected chi connectivity index (χ0v) is 10.5. The Morgan fingerprint density at radius 2 is 2.16 bits per heavy atom. The van der Waals surface area contributed by atoms with Gasteiger partial charge in [-0.15, -0.1) is 0 Å². The Balaban J connectivity index is 1.81. The Bertz CT molecular complexity index is 594. The van der Waals surface area contributed by atoms with Crippen LogP contribution in [-0.2, 0) is 13.0 Å². The van der Waals surface area contributed by atoms with Crippen molar-refractivity contribution in [3.63, 3.8) is 0 Å². The number of hydrogen-bond donors (Lipinski definition) is 4. The number of aromatic nitrogens is 1. The van der Waals surface area contributed by atoms with Crippen LogP contribution in [0.5, 0.6) is 0 Å². The molecule has 0 fully saturated rings. The van der Waals surface area contributed by atoms with Crippen molar-refractivity contribution in [3.8, 4) is 0 Å². The molecule has 0 atom stereocenters. The SMILES string of the molecule is Nc1ccccc1NC(=O)c1cc2c([nH]1)CCNC2. The number of rotatable bonds is 2. The van der Waals surface area contributed by atoms with E-state index in [0.29, 0.717) is 17.1 Å². The number of H-pyrrole nitrogens is 1. The number of fused-ring (bicyclic) bond motifs is 1. The van der Waals surface area contributed by atoms with E-state index < -0.39 is 0 Å². The number of benzene rings is 1. The maximum atomic E-state index is 12.2. The molecule has 0 spiro atoms. The van der Waals surface area contributed by atoms with Gasteiger partial charge in [-0.05, 0) is 23.8 Å². The Kier molecular flexibility index (Phi) is 2.97. The van der Waals surface area contributed by atoms with Crippen LogP contribution in [0.15, 0.2) is 30.3 Å². The normalized spacial score (nSPS) is 13.9. The lowest BCUT2D eigenvalue weighted by molar-refractivity contribution is 0.102. The van der Waals surface area contributed by atoms with Crippen molar-refractivity contribution in [1.82, 2.24) is 10.3 Å². The molecule has 0 saturated heterocycles. The van der Waals surface area contributed by atoms with Gasteiger partial charge >= 0.3 is 0 Å². The highest BCUT2D eigenvalue weighted by molar-refractivity contribution is 6.04. The van der Waals surface area contributed by atoms with E-state index in [1.54, 1.807) is 12.1 Å². The average molecular weight is 256 g/mol. The molecule has 1 aromatic carbocycles. The summed E-state index contributed by atoms with van der Waals surface area (Å²) in [6, 6.07) is 9.13. The molecule has 0 saturated carbocycles. The van der Waals surface area contributed by atoms with E-state index in [4.69, 9.17) is 5.73 Å². The highest BCUT2D eigenvalue weighted by Gasteiger charge is 2.16. The molecule has 1 aliphatic heterocycles. The molecule has 1 aromatic heterocycles. The van der Waals surface area contributed by atoms with E-state index in [0.717, 1.165) is 30.8 Å². The Labute approximate surface area is 111 Å². The van der Waals surface area contributed by atoms with Gasteiger partial charge in [0.15, 0.2) is 0 Å². The monoisotopic (exact) mass is 256 g/mol. The zero-order chi connectivity index (χ0) is 13.2. The van der Waals surface area contributed by atoms with Gasteiger partial charge in [0.2, 0.25) is 0 Å². The third-order valence-electron chi connectivity index (χ3n) is 3.31. The molecule has 2 aromatic rings. The van der Waals surface area contributed by atoms with Crippen LogP contribution < -0.4 is 16.4 Å². The molecule has 0 aliphatic carbocycles. The zero-order valence-electron chi connectivity index (χ0n) is 10.5. The first-order chi connectivity index (χ1) is 9.24. The highest BCUT2D eigenvalue weighted by atomic mass is 16.1. The number of nitrogen functional groups attached to an aromatic ring is 1. The van der Waals surface area contributed by atoms with Crippen molar-refractivity contribution >= 4 is 17.3 Å². The summed E-state index contributed by atoms with van der Waals surface area (Å²) in [6.45, 7) is 1.76. The lowest BCUT2D eigenvalue weighted by atomic mass is 10.1. The number of amides is 1. The summed E-state index contributed by atoms with van der Waals surface area (Å²) >= 11 is 0. The first-order valence-electron chi connectivity index (χ1n) is 6.31. The number of nitrogens with one attached hydrogen (secondary N) is 3. The lowest BCUT2D eigenvalue weighted by Gasteiger charge is -2.11. The minimum Gasteiger partial charge on any atom is -0.397 e. The maximum absolute atomic E-state index is 12.2. The van der Waals surface area contributed by atoms with E-state index in [1.807, 2.05) is 18.2 Å². The largest absolute Gasteiger partial charge is 0.397 e. The Morgan fingerprint density at radius 1 is 1.32 bits per heavy atom. The number of aromatic amines is 1. The van der Waals surface area contributed by atoms with Crippen molar-refractivity contribution in [2.45, 2.75) is 13.0 Å².